The molecule has 38 heavy (non-hydrogen) atoms. The number of hydrogen-bond donors (Lipinski definition) is 3. The maximum absolute atomic E-state index is 15.0. The second-order valence-corrected chi connectivity index (χ2v) is 11.7. The predicted molar refractivity (Wildman–Crippen MR) is 148 cm³/mol. The summed E-state index contributed by atoms with van der Waals surface area (Å²) in [7, 11) is 2.15. The number of rotatable bonds is 7. The third-order valence-corrected chi connectivity index (χ3v) is 9.12. The molecule has 202 valence electrons. The number of carbonyl (C=O) groups excluding carboxylic acids is 1. The number of nitrogens with zero attached hydrogens (tertiary/aromatic N) is 4. The topological polar surface area (TPSA) is 85.4 Å². The predicted octanol–water partition coefficient (Wildman–Crippen LogP) is 4.08. The van der Waals surface area contributed by atoms with E-state index in [1.807, 2.05) is 13.0 Å². The number of carbonyl (C=O) groups is 1. The average molecular weight is 520 g/mol. The summed E-state index contributed by atoms with van der Waals surface area (Å²) >= 11 is 0. The molecule has 2 aromatic rings. The van der Waals surface area contributed by atoms with Crippen molar-refractivity contribution in [2.24, 2.45) is 17.8 Å². The van der Waals surface area contributed by atoms with E-state index in [2.05, 4.69) is 74.0 Å². The normalized spacial score (nSPS) is 28.8. The lowest BCUT2D eigenvalue weighted by molar-refractivity contribution is -0.128. The van der Waals surface area contributed by atoms with Gasteiger partial charge in [-0.05, 0) is 76.3 Å². The molecule has 2 saturated carbocycles. The second kappa shape index (κ2) is 9.84. The Bertz CT molecular complexity index is 1240. The van der Waals surface area contributed by atoms with Crippen LogP contribution in [0.15, 0.2) is 36.5 Å². The first-order valence-corrected chi connectivity index (χ1v) is 13.9. The highest BCUT2D eigenvalue weighted by molar-refractivity contribution is 5.83. The maximum atomic E-state index is 15.0. The summed E-state index contributed by atoms with van der Waals surface area (Å²) in [6.45, 7) is 8.26. The molecule has 9 heteroatoms. The maximum Gasteiger partial charge on any atom is 0.229 e. The Morgan fingerprint density at radius 3 is 2.66 bits per heavy atom. The Balaban J connectivity index is 1.19. The number of allylic oxidation sites excluding steroid dienone is 1. The summed E-state index contributed by atoms with van der Waals surface area (Å²) in [6.07, 6.45) is 9.64. The van der Waals surface area contributed by atoms with Gasteiger partial charge in [0.15, 0.2) is 11.6 Å². The molecule has 4 atom stereocenters. The molecule has 3 aliphatic carbocycles. The van der Waals surface area contributed by atoms with Gasteiger partial charge in [-0.3, -0.25) is 4.79 Å². The van der Waals surface area contributed by atoms with Gasteiger partial charge in [0.05, 0.1) is 17.7 Å². The number of fused-ring (bicyclic) bond motifs is 2. The van der Waals surface area contributed by atoms with E-state index >= 15 is 0 Å². The van der Waals surface area contributed by atoms with Crippen molar-refractivity contribution in [3.05, 3.63) is 47.9 Å². The van der Waals surface area contributed by atoms with E-state index in [0.717, 1.165) is 57.5 Å². The number of amides is 1. The standard InChI is InChI=1S/C29H38FN7O/c1-18-15-22(9-10-24(18)37-13-11-36(3)12-14-37)33-28-31-17-23(30)26(34-28)35-29(2)20-8-7-19(16-20)25(29)27(38)32-21-5-4-6-21/h7-10,15,17,19-21,25H,4-6,11-14,16H2,1-3H3,(H,32,38)(H2,31,33,34,35)/t19-,20+,25-,29+/m0/s1. The van der Waals surface area contributed by atoms with Crippen molar-refractivity contribution in [1.29, 1.82) is 0 Å². The molecule has 3 fully saturated rings. The summed E-state index contributed by atoms with van der Waals surface area (Å²) in [6, 6.07) is 6.49. The van der Waals surface area contributed by atoms with Crippen LogP contribution in [0.2, 0.25) is 0 Å². The highest BCUT2D eigenvalue weighted by Crippen LogP contribution is 2.52. The van der Waals surface area contributed by atoms with Gasteiger partial charge in [-0.1, -0.05) is 12.2 Å². The molecule has 1 saturated heterocycles. The lowest BCUT2D eigenvalue weighted by Gasteiger charge is -2.40. The zero-order valence-electron chi connectivity index (χ0n) is 22.5. The average Bonchev–Trinajstić information content (AvgIpc) is 3.44. The molecule has 0 radical (unpaired) electrons. The molecule has 0 unspecified atom stereocenters. The fourth-order valence-electron chi connectivity index (χ4n) is 6.61. The molecular weight excluding hydrogens is 481 g/mol. The monoisotopic (exact) mass is 519 g/mol. The van der Waals surface area contributed by atoms with Crippen molar-refractivity contribution in [2.45, 2.75) is 51.1 Å². The van der Waals surface area contributed by atoms with Crippen molar-refractivity contribution in [2.75, 3.05) is 48.8 Å². The minimum absolute atomic E-state index is 0.0604. The van der Waals surface area contributed by atoms with Gasteiger partial charge < -0.3 is 25.8 Å². The van der Waals surface area contributed by atoms with E-state index in [1.165, 1.54) is 17.4 Å². The van der Waals surface area contributed by atoms with Gasteiger partial charge in [-0.2, -0.15) is 4.98 Å². The Hall–Kier alpha value is -3.20. The van der Waals surface area contributed by atoms with E-state index in [4.69, 9.17) is 0 Å². The zero-order chi connectivity index (χ0) is 26.4. The van der Waals surface area contributed by atoms with Crippen LogP contribution in [0.5, 0.6) is 0 Å². The van der Waals surface area contributed by atoms with E-state index in [0.29, 0.717) is 5.95 Å². The third kappa shape index (κ3) is 4.61. The Morgan fingerprint density at radius 1 is 1.16 bits per heavy atom. The molecule has 4 aliphatic rings. The van der Waals surface area contributed by atoms with Gasteiger partial charge in [0.25, 0.3) is 0 Å². The number of nitrogens with one attached hydrogen (secondary N) is 3. The van der Waals surface area contributed by atoms with Crippen molar-refractivity contribution < 1.29 is 9.18 Å². The van der Waals surface area contributed by atoms with Crippen molar-refractivity contribution >= 4 is 29.0 Å². The van der Waals surface area contributed by atoms with E-state index < -0.39 is 11.4 Å². The number of anilines is 4. The SMILES string of the molecule is Cc1cc(Nc2ncc(F)c(N[C@]3(C)[C@@H]4C=C[C@@H](C4)[C@H]3C(=O)NC3CCC3)n2)ccc1N1CCN(C)CC1. The highest BCUT2D eigenvalue weighted by Gasteiger charge is 2.57. The minimum atomic E-state index is -0.625. The Kier molecular flexibility index (Phi) is 6.50. The van der Waals surface area contributed by atoms with Crippen LogP contribution in [-0.4, -0.2) is 65.6 Å². The molecule has 2 bridgehead atoms. The molecule has 6 rings (SSSR count). The number of likely N-dealkylation sites (N-methyl/N-ethyl adjacent to an activating group) is 1. The van der Waals surface area contributed by atoms with Gasteiger partial charge in [0.1, 0.15) is 0 Å². The minimum Gasteiger partial charge on any atom is -0.369 e. The number of hydrogen-bond acceptors (Lipinski definition) is 7. The smallest absolute Gasteiger partial charge is 0.229 e. The largest absolute Gasteiger partial charge is 0.369 e. The van der Waals surface area contributed by atoms with Crippen molar-refractivity contribution in [3.8, 4) is 0 Å². The first kappa shape index (κ1) is 25.1. The van der Waals surface area contributed by atoms with Crippen LogP contribution < -0.4 is 20.9 Å². The molecular formula is C29H38FN7O. The van der Waals surface area contributed by atoms with Gasteiger partial charge in [0, 0.05) is 49.5 Å². The zero-order valence-corrected chi connectivity index (χ0v) is 22.5. The Labute approximate surface area is 224 Å². The lowest BCUT2D eigenvalue weighted by atomic mass is 9.76. The molecule has 3 N–H and O–H groups in total. The summed E-state index contributed by atoms with van der Waals surface area (Å²) in [5, 5.41) is 9.83. The number of benzene rings is 1. The van der Waals surface area contributed by atoms with Crippen molar-refractivity contribution in [3.63, 3.8) is 0 Å². The molecule has 1 aliphatic heterocycles. The van der Waals surface area contributed by atoms with Gasteiger partial charge in [-0.15, -0.1) is 0 Å². The van der Waals surface area contributed by atoms with Crippen LogP contribution in [0.1, 0.15) is 38.2 Å². The van der Waals surface area contributed by atoms with Gasteiger partial charge >= 0.3 is 0 Å². The molecule has 1 amide bonds. The summed E-state index contributed by atoms with van der Waals surface area (Å²) in [5.41, 5.74) is 2.63. The van der Waals surface area contributed by atoms with E-state index in [9.17, 15) is 9.18 Å². The third-order valence-electron chi connectivity index (χ3n) is 9.12. The summed E-state index contributed by atoms with van der Waals surface area (Å²) in [5.74, 6) is 0.000769. The fraction of sp³-hybridized carbons (Fsp3) is 0.552. The molecule has 8 nitrogen and oxygen atoms in total. The lowest BCUT2D eigenvalue weighted by Crippen LogP contribution is -2.55. The van der Waals surface area contributed by atoms with E-state index in [1.54, 1.807) is 0 Å². The second-order valence-electron chi connectivity index (χ2n) is 11.7. The van der Waals surface area contributed by atoms with Crippen LogP contribution in [0, 0.1) is 30.5 Å². The number of aromatic nitrogens is 2. The van der Waals surface area contributed by atoms with Crippen LogP contribution in [0.3, 0.4) is 0 Å². The van der Waals surface area contributed by atoms with Gasteiger partial charge in [-0.25, -0.2) is 9.37 Å². The number of piperazine rings is 1. The van der Waals surface area contributed by atoms with Crippen LogP contribution >= 0.6 is 0 Å². The molecule has 2 heterocycles. The molecule has 0 spiro atoms. The van der Waals surface area contributed by atoms with Crippen LogP contribution in [-0.2, 0) is 4.79 Å². The Morgan fingerprint density at radius 2 is 1.95 bits per heavy atom. The van der Waals surface area contributed by atoms with Crippen LogP contribution in [0.25, 0.3) is 0 Å². The quantitative estimate of drug-likeness (QED) is 0.476. The van der Waals surface area contributed by atoms with Crippen molar-refractivity contribution in [1.82, 2.24) is 20.2 Å². The number of aryl methyl sites for hydroxylation is 1. The summed E-state index contributed by atoms with van der Waals surface area (Å²) < 4.78 is 15.0. The molecule has 1 aromatic heterocycles. The van der Waals surface area contributed by atoms with E-state index in [-0.39, 0.29) is 35.5 Å². The summed E-state index contributed by atoms with van der Waals surface area (Å²) in [4.78, 5) is 26.8. The first-order valence-electron chi connectivity index (χ1n) is 13.9. The first-order chi connectivity index (χ1) is 18.3. The van der Waals surface area contributed by atoms with Crippen LogP contribution in [0.4, 0.5) is 27.5 Å². The number of halogens is 1. The molecule has 1 aromatic carbocycles. The van der Waals surface area contributed by atoms with Gasteiger partial charge in [0.2, 0.25) is 11.9 Å². The highest BCUT2D eigenvalue weighted by atomic mass is 19.1. The fourth-order valence-corrected chi connectivity index (χ4v) is 6.61.